The quantitative estimate of drug-likeness (QED) is 0.288. The van der Waals surface area contributed by atoms with Gasteiger partial charge in [-0.2, -0.15) is 0 Å². The number of nitrogens with one attached hydrogen (secondary N) is 1. The smallest absolute Gasteiger partial charge is 0.280 e. The number of carbonyl (C=O) groups excluding carboxylic acids is 2. The third kappa shape index (κ3) is 7.62. The maximum absolute atomic E-state index is 15.6. The van der Waals surface area contributed by atoms with Crippen molar-refractivity contribution in [2.45, 2.75) is 76.9 Å². The highest BCUT2D eigenvalue weighted by molar-refractivity contribution is 7.14. The molecule has 1 N–H and O–H groups in total. The van der Waals surface area contributed by atoms with Gasteiger partial charge in [0.2, 0.25) is 5.91 Å². The van der Waals surface area contributed by atoms with Crippen molar-refractivity contribution in [3.05, 3.63) is 58.3 Å². The van der Waals surface area contributed by atoms with Crippen LogP contribution in [0.2, 0.25) is 0 Å². The van der Waals surface area contributed by atoms with Gasteiger partial charge in [0.25, 0.3) is 11.8 Å². The summed E-state index contributed by atoms with van der Waals surface area (Å²) in [6.07, 6.45) is 1.82. The van der Waals surface area contributed by atoms with Gasteiger partial charge in [-0.25, -0.2) is 13.2 Å². The Bertz CT molecular complexity index is 1590. The van der Waals surface area contributed by atoms with E-state index in [2.05, 4.69) is 29.4 Å². The third-order valence-corrected chi connectivity index (χ3v) is 10.3. The van der Waals surface area contributed by atoms with Gasteiger partial charge >= 0.3 is 0 Å². The lowest BCUT2D eigenvalue weighted by Gasteiger charge is -2.43. The second kappa shape index (κ2) is 13.9. The second-order valence-electron chi connectivity index (χ2n) is 13.1. The topological polar surface area (TPSA) is 96.9 Å². The molecule has 0 aliphatic carbocycles. The fourth-order valence-corrected chi connectivity index (χ4v) is 7.29. The minimum Gasteiger partial charge on any atom is -0.457 e. The lowest BCUT2D eigenvalue weighted by molar-refractivity contribution is -0.128. The van der Waals surface area contributed by atoms with Gasteiger partial charge in [0, 0.05) is 62.4 Å². The molecule has 0 spiro atoms. The van der Waals surface area contributed by atoms with E-state index in [1.807, 2.05) is 19.1 Å². The van der Waals surface area contributed by atoms with Crippen molar-refractivity contribution < 1.29 is 32.2 Å². The fourth-order valence-electron chi connectivity index (χ4n) is 6.43. The third-order valence-electron chi connectivity index (χ3n) is 9.07. The molecule has 3 aliphatic heterocycles. The van der Waals surface area contributed by atoms with E-state index < -0.39 is 35.8 Å². The summed E-state index contributed by atoms with van der Waals surface area (Å²) >= 11 is 1.50. The van der Waals surface area contributed by atoms with Crippen LogP contribution < -0.4 is 10.1 Å². The van der Waals surface area contributed by atoms with Crippen molar-refractivity contribution in [3.63, 3.8) is 0 Å². The number of piperidine rings is 1. The number of alkyl halides is 2. The molecule has 3 aromatic rings. The molecule has 2 amide bonds. The molecule has 47 heavy (non-hydrogen) atoms. The summed E-state index contributed by atoms with van der Waals surface area (Å²) in [5.41, 5.74) is 0.812. The van der Waals surface area contributed by atoms with Crippen LogP contribution in [0.5, 0.6) is 11.5 Å². The molecule has 0 saturated carbocycles. The van der Waals surface area contributed by atoms with E-state index in [1.165, 1.54) is 17.4 Å². The number of likely N-dealkylation sites (tertiary alicyclic amines) is 2. The summed E-state index contributed by atoms with van der Waals surface area (Å²) in [5, 5.41) is 12.6. The second-order valence-corrected chi connectivity index (χ2v) is 14.1. The molecular weight excluding hydrogens is 631 g/mol. The largest absolute Gasteiger partial charge is 0.457 e. The Balaban J connectivity index is 1.22. The van der Waals surface area contributed by atoms with Gasteiger partial charge < -0.3 is 19.7 Å². The van der Waals surface area contributed by atoms with Crippen LogP contribution in [0.25, 0.3) is 10.6 Å². The average molecular weight is 672 g/mol. The molecule has 6 rings (SSSR count). The maximum atomic E-state index is 15.6. The van der Waals surface area contributed by atoms with Crippen molar-refractivity contribution in [2.24, 2.45) is 5.92 Å². The van der Waals surface area contributed by atoms with E-state index in [0.717, 1.165) is 21.6 Å². The summed E-state index contributed by atoms with van der Waals surface area (Å²) in [7, 11) is 0. The molecule has 3 aliphatic rings. The molecule has 0 bridgehead atoms. The van der Waals surface area contributed by atoms with Gasteiger partial charge in [-0.15, -0.1) is 10.2 Å². The van der Waals surface area contributed by atoms with Crippen molar-refractivity contribution >= 4 is 23.2 Å². The molecule has 4 heterocycles. The zero-order valence-electron chi connectivity index (χ0n) is 26.8. The molecule has 3 fully saturated rings. The number of benzene rings is 2. The van der Waals surface area contributed by atoms with E-state index in [1.54, 1.807) is 21.9 Å². The van der Waals surface area contributed by atoms with E-state index in [-0.39, 0.29) is 42.5 Å². The summed E-state index contributed by atoms with van der Waals surface area (Å²) in [6.45, 7) is 7.68. The van der Waals surface area contributed by atoms with Crippen LogP contribution in [-0.2, 0) is 16.1 Å². The minimum atomic E-state index is -3.20. The van der Waals surface area contributed by atoms with Crippen LogP contribution in [0, 0.1) is 11.7 Å². The van der Waals surface area contributed by atoms with Crippen molar-refractivity contribution in [1.82, 2.24) is 25.3 Å². The van der Waals surface area contributed by atoms with Crippen LogP contribution in [0.3, 0.4) is 0 Å². The lowest BCUT2D eigenvalue weighted by atomic mass is 9.96. The molecule has 2 atom stereocenters. The van der Waals surface area contributed by atoms with Gasteiger partial charge in [0.05, 0.1) is 18.2 Å². The van der Waals surface area contributed by atoms with Crippen molar-refractivity contribution in [2.75, 3.05) is 32.8 Å². The van der Waals surface area contributed by atoms with Gasteiger partial charge in [-0.3, -0.25) is 14.5 Å². The Labute approximate surface area is 276 Å². The molecule has 2 unspecified atom stereocenters. The number of amides is 2. The number of halogens is 3. The van der Waals surface area contributed by atoms with E-state index in [4.69, 9.17) is 9.47 Å². The molecule has 3 saturated heterocycles. The summed E-state index contributed by atoms with van der Waals surface area (Å²) < 4.78 is 57.8. The maximum Gasteiger partial charge on any atom is 0.280 e. The van der Waals surface area contributed by atoms with Crippen LogP contribution >= 0.6 is 11.3 Å². The normalized spacial score (nSPS) is 22.2. The van der Waals surface area contributed by atoms with E-state index in [9.17, 15) is 9.59 Å². The van der Waals surface area contributed by atoms with Crippen molar-refractivity contribution in [1.29, 1.82) is 0 Å². The number of ether oxygens (including phenoxy) is 2. The van der Waals surface area contributed by atoms with Crippen LogP contribution in [-0.4, -0.2) is 82.7 Å². The highest BCUT2D eigenvalue weighted by Crippen LogP contribution is 2.35. The van der Waals surface area contributed by atoms with Crippen LogP contribution in [0.4, 0.5) is 13.2 Å². The highest BCUT2D eigenvalue weighted by atomic mass is 32.1. The first-order valence-corrected chi connectivity index (χ1v) is 17.0. The monoisotopic (exact) mass is 671 g/mol. The van der Waals surface area contributed by atoms with Gasteiger partial charge in [-0.1, -0.05) is 32.1 Å². The Hall–Kier alpha value is -3.55. The molecule has 2 aromatic carbocycles. The Morgan fingerprint density at radius 1 is 1.15 bits per heavy atom. The molecule has 9 nitrogen and oxygen atoms in total. The molecule has 13 heteroatoms. The summed E-state index contributed by atoms with van der Waals surface area (Å²) in [6, 6.07) is 8.11. The number of aromatic nitrogens is 2. The number of nitrogens with zero attached hydrogens (tertiary/aromatic N) is 4. The number of carbonyl (C=O) groups is 2. The zero-order chi connectivity index (χ0) is 33.3. The van der Waals surface area contributed by atoms with Gasteiger partial charge in [0.15, 0.2) is 0 Å². The number of hydrogen-bond acceptors (Lipinski definition) is 8. The van der Waals surface area contributed by atoms with E-state index in [0.29, 0.717) is 56.9 Å². The first-order chi connectivity index (χ1) is 22.5. The number of rotatable bonds is 9. The van der Waals surface area contributed by atoms with Crippen molar-refractivity contribution in [3.8, 4) is 22.1 Å². The first-order valence-electron chi connectivity index (χ1n) is 16.2. The number of hydrogen-bond donors (Lipinski definition) is 1. The Kier molecular flexibility index (Phi) is 9.86. The van der Waals surface area contributed by atoms with Crippen LogP contribution in [0.1, 0.15) is 73.3 Å². The van der Waals surface area contributed by atoms with E-state index >= 15 is 13.2 Å². The first kappa shape index (κ1) is 33.4. The predicted molar refractivity (Wildman–Crippen MR) is 171 cm³/mol. The fraction of sp³-hybridized carbons (Fsp3) is 0.529. The van der Waals surface area contributed by atoms with Crippen LogP contribution in [0.15, 0.2) is 36.4 Å². The average Bonchev–Trinajstić information content (AvgIpc) is 3.66. The molecule has 252 valence electrons. The predicted octanol–water partition coefficient (Wildman–Crippen LogP) is 6.25. The minimum absolute atomic E-state index is 0.0197. The lowest BCUT2D eigenvalue weighted by Crippen LogP contribution is -2.60. The highest BCUT2D eigenvalue weighted by Gasteiger charge is 2.47. The SMILES string of the molecule is CC1CC(=O)N(Cc2cc(F)c(C(=O)NC3CCN(C4CCOCC4)CC3(F)F)cc2Oc2ccc(-c3nnc(C(C)C)s3)cc2)C1. The Morgan fingerprint density at radius 2 is 1.89 bits per heavy atom. The molecule has 1 aromatic heterocycles. The summed E-state index contributed by atoms with van der Waals surface area (Å²) in [5.74, 6) is -4.08. The molecular formula is C34H40F3N5O4S. The zero-order valence-corrected chi connectivity index (χ0v) is 27.6. The van der Waals surface area contributed by atoms with Gasteiger partial charge in [0.1, 0.15) is 27.3 Å². The summed E-state index contributed by atoms with van der Waals surface area (Å²) in [4.78, 5) is 29.3. The standard InChI is InChI=1S/C34H40F3N5O4S/c1-20(2)32-39-40-33(47-32)22-4-6-25(7-5-22)46-28-16-26(27(35)15-23(28)18-42-17-21(3)14-30(42)43)31(44)38-29-8-11-41(19-34(29,36)37)24-9-12-45-13-10-24/h4-7,15-16,20-21,24,29H,8-14,17-19H2,1-3H3,(H,38,44). The molecule has 0 radical (unpaired) electrons. The Morgan fingerprint density at radius 3 is 2.53 bits per heavy atom. The van der Waals surface area contributed by atoms with Gasteiger partial charge in [-0.05, 0) is 61.6 Å².